The van der Waals surface area contributed by atoms with Gasteiger partial charge in [-0.15, -0.1) is 0 Å². The smallest absolute Gasteiger partial charge is 0.226 e. The van der Waals surface area contributed by atoms with Crippen LogP contribution in [0.4, 0.5) is 0 Å². The second-order valence-electron chi connectivity index (χ2n) is 1.53. The van der Waals surface area contributed by atoms with Crippen LogP contribution in [0, 0.1) is 0 Å². The Labute approximate surface area is 63.5 Å². The van der Waals surface area contributed by atoms with Crippen LogP contribution in [0.15, 0.2) is 11.8 Å². The van der Waals surface area contributed by atoms with E-state index in [1.807, 2.05) is 33.8 Å². The maximum atomic E-state index is 8.84. The predicted octanol–water partition coefficient (Wildman–Crippen LogP) is 2.43. The fourth-order valence-electron chi connectivity index (χ4n) is 0.336. The molecule has 60 valence electrons. The summed E-state index contributed by atoms with van der Waals surface area (Å²) in [7, 11) is 0. The van der Waals surface area contributed by atoms with Gasteiger partial charge in [-0.05, 0) is 17.7 Å². The predicted molar refractivity (Wildman–Crippen MR) is 44.6 cm³/mol. The Balaban J connectivity index is 0. The molecule has 1 N–H and O–H groups in total. The molecule has 2 heteroatoms. The number of allylic oxidation sites excluding steroid dienone is 2. The third kappa shape index (κ3) is 5.35. The first kappa shape index (κ1) is 11.9. The van der Waals surface area contributed by atoms with E-state index in [0.717, 1.165) is 10.4 Å². The Morgan fingerprint density at radius 2 is 1.70 bits per heavy atom. The van der Waals surface area contributed by atoms with Crippen LogP contribution in [-0.4, -0.2) is 16.2 Å². The molecule has 0 saturated heterocycles. The topological polar surface area (TPSA) is 23.2 Å². The van der Waals surface area contributed by atoms with Crippen molar-refractivity contribution in [2.45, 2.75) is 34.6 Å². The van der Waals surface area contributed by atoms with Gasteiger partial charge in [-0.25, -0.2) is 0 Å². The van der Waals surface area contributed by atoms with Gasteiger partial charge in [0.2, 0.25) is 5.70 Å². The van der Waals surface area contributed by atoms with Crippen molar-refractivity contribution < 1.29 is 9.95 Å². The number of nitrogens with zero attached hydrogens (tertiary/aromatic N) is 1. The Hall–Kier alpha value is -0.790. The normalized spacial score (nSPS) is 12.1. The lowest BCUT2D eigenvalue weighted by molar-refractivity contribution is -0.735. The molecule has 0 bridgehead atoms. The minimum atomic E-state index is 0.840. The summed E-state index contributed by atoms with van der Waals surface area (Å²) in [5.74, 6) is 0. The minimum absolute atomic E-state index is 0.840. The minimum Gasteiger partial charge on any atom is -0.285 e. The Bertz CT molecular complexity index is 109. The van der Waals surface area contributed by atoms with Gasteiger partial charge in [-0.1, -0.05) is 13.8 Å². The van der Waals surface area contributed by atoms with E-state index in [1.54, 1.807) is 13.1 Å². The molecule has 0 atom stereocenters. The Kier molecular flexibility index (Phi) is 9.80. The largest absolute Gasteiger partial charge is 0.285 e. The number of hydrogen-bond donors (Lipinski definition) is 1. The lowest BCUT2D eigenvalue weighted by Crippen LogP contribution is -2.02. The van der Waals surface area contributed by atoms with Crippen LogP contribution >= 0.6 is 0 Å². The lowest BCUT2D eigenvalue weighted by Gasteiger charge is -1.84. The zero-order valence-electron chi connectivity index (χ0n) is 7.55. The lowest BCUT2D eigenvalue weighted by atomic mass is 10.5. The molecule has 0 radical (unpaired) electrons. The van der Waals surface area contributed by atoms with Crippen LogP contribution in [-0.2, 0) is 0 Å². The van der Waals surface area contributed by atoms with E-state index in [9.17, 15) is 0 Å². The molecule has 0 amide bonds. The fourth-order valence-corrected chi connectivity index (χ4v) is 0.336. The van der Waals surface area contributed by atoms with Gasteiger partial charge in [0.15, 0.2) is 6.21 Å². The van der Waals surface area contributed by atoms with Crippen molar-refractivity contribution in [2.75, 3.05) is 0 Å². The van der Waals surface area contributed by atoms with Gasteiger partial charge in [0, 0.05) is 13.8 Å². The van der Waals surface area contributed by atoms with Gasteiger partial charge >= 0.3 is 0 Å². The van der Waals surface area contributed by atoms with Crippen molar-refractivity contribution in [3.8, 4) is 0 Å². The standard InChI is InChI=1S/C6H12NO.C2H6/c1-4-6(3)7(8)5-2;1-2/h4-5,8H,1-3H3;1-2H3/q+1;/b6-4-,7-5+;. The highest BCUT2D eigenvalue weighted by atomic mass is 16.5. The van der Waals surface area contributed by atoms with Gasteiger partial charge in [-0.2, -0.15) is 0 Å². The van der Waals surface area contributed by atoms with Crippen molar-refractivity contribution in [3.63, 3.8) is 0 Å². The molecule has 0 heterocycles. The summed E-state index contributed by atoms with van der Waals surface area (Å²) in [5.41, 5.74) is 0.840. The Morgan fingerprint density at radius 3 is 1.80 bits per heavy atom. The molecule has 0 saturated carbocycles. The summed E-state index contributed by atoms with van der Waals surface area (Å²) in [6.07, 6.45) is 3.43. The summed E-state index contributed by atoms with van der Waals surface area (Å²) in [6, 6.07) is 0. The molecule has 0 unspecified atom stereocenters. The molecule has 0 aliphatic carbocycles. The number of rotatable bonds is 1. The maximum Gasteiger partial charge on any atom is 0.226 e. The van der Waals surface area contributed by atoms with E-state index in [2.05, 4.69) is 0 Å². The van der Waals surface area contributed by atoms with E-state index in [0.29, 0.717) is 0 Å². The Morgan fingerprint density at radius 1 is 1.30 bits per heavy atom. The van der Waals surface area contributed by atoms with Crippen molar-refractivity contribution in [3.05, 3.63) is 11.8 Å². The van der Waals surface area contributed by atoms with Crippen molar-refractivity contribution >= 4 is 6.21 Å². The van der Waals surface area contributed by atoms with E-state index < -0.39 is 0 Å². The van der Waals surface area contributed by atoms with E-state index in [4.69, 9.17) is 5.21 Å². The van der Waals surface area contributed by atoms with Crippen LogP contribution in [0.2, 0.25) is 0 Å². The van der Waals surface area contributed by atoms with Crippen molar-refractivity contribution in [2.24, 2.45) is 0 Å². The summed E-state index contributed by atoms with van der Waals surface area (Å²) >= 11 is 0. The second-order valence-corrected chi connectivity index (χ2v) is 1.53. The van der Waals surface area contributed by atoms with Gasteiger partial charge in [0.25, 0.3) is 0 Å². The molecule has 0 aliphatic heterocycles. The highest BCUT2D eigenvalue weighted by Gasteiger charge is 1.97. The molecule has 0 rings (SSSR count). The number of hydroxylamine groups is 1. The molecule has 0 fully saturated rings. The number of hydrogen-bond acceptors (Lipinski definition) is 1. The van der Waals surface area contributed by atoms with Gasteiger partial charge in [0.1, 0.15) is 0 Å². The van der Waals surface area contributed by atoms with Crippen LogP contribution in [0.1, 0.15) is 34.6 Å². The molecular formula is C8H18NO+. The second kappa shape index (κ2) is 8.21. The van der Waals surface area contributed by atoms with Crippen LogP contribution in [0.25, 0.3) is 0 Å². The third-order valence-electron chi connectivity index (χ3n) is 1.02. The first-order chi connectivity index (χ1) is 4.72. The average molecular weight is 144 g/mol. The molecule has 0 aromatic rings. The molecule has 10 heavy (non-hydrogen) atoms. The summed E-state index contributed by atoms with van der Waals surface area (Å²) < 4.78 is 1.08. The summed E-state index contributed by atoms with van der Waals surface area (Å²) in [6.45, 7) is 9.48. The first-order valence-electron chi connectivity index (χ1n) is 3.63. The van der Waals surface area contributed by atoms with E-state index in [-0.39, 0.29) is 0 Å². The van der Waals surface area contributed by atoms with Crippen molar-refractivity contribution in [1.82, 2.24) is 0 Å². The van der Waals surface area contributed by atoms with E-state index in [1.165, 1.54) is 0 Å². The van der Waals surface area contributed by atoms with Gasteiger partial charge in [-0.3, -0.25) is 5.21 Å². The molecule has 0 spiro atoms. The molecule has 2 nitrogen and oxygen atoms in total. The zero-order valence-corrected chi connectivity index (χ0v) is 7.55. The SMILES string of the molecule is C/C=C(C)\[N+](O)=C/C.CC. The third-order valence-corrected chi connectivity index (χ3v) is 1.02. The van der Waals surface area contributed by atoms with E-state index >= 15 is 0 Å². The average Bonchev–Trinajstić information content (AvgIpc) is 2.05. The molecular weight excluding hydrogens is 126 g/mol. The quantitative estimate of drug-likeness (QED) is 0.260. The molecule has 0 aromatic carbocycles. The van der Waals surface area contributed by atoms with Gasteiger partial charge < -0.3 is 0 Å². The summed E-state index contributed by atoms with van der Waals surface area (Å²) in [4.78, 5) is 0. The van der Waals surface area contributed by atoms with Crippen LogP contribution in [0.5, 0.6) is 0 Å². The molecule has 0 aromatic heterocycles. The molecule has 0 aliphatic rings. The highest BCUT2D eigenvalue weighted by molar-refractivity contribution is 5.46. The highest BCUT2D eigenvalue weighted by Crippen LogP contribution is 1.88. The summed E-state index contributed by atoms with van der Waals surface area (Å²) in [5, 5.41) is 8.84. The van der Waals surface area contributed by atoms with Crippen LogP contribution in [0.3, 0.4) is 0 Å². The van der Waals surface area contributed by atoms with Crippen LogP contribution < -0.4 is 0 Å². The first-order valence-corrected chi connectivity index (χ1v) is 3.63. The van der Waals surface area contributed by atoms with Crippen molar-refractivity contribution in [1.29, 1.82) is 0 Å². The fraction of sp³-hybridized carbons (Fsp3) is 0.625. The zero-order chi connectivity index (χ0) is 8.57. The van der Waals surface area contributed by atoms with Gasteiger partial charge in [0.05, 0.1) is 0 Å². The monoisotopic (exact) mass is 144 g/mol. The maximum absolute atomic E-state index is 8.84.